The summed E-state index contributed by atoms with van der Waals surface area (Å²) in [4.78, 5) is 0. The van der Waals surface area contributed by atoms with Gasteiger partial charge < -0.3 is 10.6 Å². The monoisotopic (exact) mass is 268 g/mol. The van der Waals surface area contributed by atoms with Gasteiger partial charge in [-0.25, -0.2) is 0 Å². The molecule has 15 heavy (non-hydrogen) atoms. The number of halogens is 1. The van der Waals surface area contributed by atoms with Crippen molar-refractivity contribution in [1.82, 2.24) is 10.6 Å². The van der Waals surface area contributed by atoms with E-state index in [1.165, 1.54) is 11.1 Å². The largest absolute Gasteiger partial charge is 0.311 e. The first kappa shape index (κ1) is 11.1. The summed E-state index contributed by atoms with van der Waals surface area (Å²) in [7, 11) is 0. The van der Waals surface area contributed by atoms with E-state index < -0.39 is 0 Å². The number of benzene rings is 1. The second kappa shape index (κ2) is 4.64. The molecule has 0 aliphatic carbocycles. The SMILES string of the molecule is Cc1ccc(Br)cc1C1NCCNC1C. The number of aryl methyl sites for hydroxylation is 1. The van der Waals surface area contributed by atoms with Gasteiger partial charge in [0.2, 0.25) is 0 Å². The maximum atomic E-state index is 3.57. The first-order valence-electron chi connectivity index (χ1n) is 5.41. The molecule has 1 aromatic carbocycles. The molecule has 0 bridgehead atoms. The summed E-state index contributed by atoms with van der Waals surface area (Å²) in [6.45, 7) is 6.51. The van der Waals surface area contributed by atoms with Crippen LogP contribution in [0.3, 0.4) is 0 Å². The highest BCUT2D eigenvalue weighted by atomic mass is 79.9. The lowest BCUT2D eigenvalue weighted by Gasteiger charge is -2.32. The van der Waals surface area contributed by atoms with Crippen molar-refractivity contribution in [3.63, 3.8) is 0 Å². The predicted molar refractivity (Wildman–Crippen MR) is 67.1 cm³/mol. The Kier molecular flexibility index (Phi) is 3.44. The van der Waals surface area contributed by atoms with Gasteiger partial charge in [0.25, 0.3) is 0 Å². The average Bonchev–Trinajstić information content (AvgIpc) is 2.23. The fourth-order valence-electron chi connectivity index (χ4n) is 2.15. The van der Waals surface area contributed by atoms with E-state index in [-0.39, 0.29) is 0 Å². The van der Waals surface area contributed by atoms with Crippen LogP contribution < -0.4 is 10.6 Å². The minimum absolute atomic E-state index is 0.427. The predicted octanol–water partition coefficient (Wildman–Crippen LogP) is 2.38. The van der Waals surface area contributed by atoms with Crippen molar-refractivity contribution in [2.45, 2.75) is 25.9 Å². The second-order valence-electron chi connectivity index (χ2n) is 4.18. The lowest BCUT2D eigenvalue weighted by Crippen LogP contribution is -2.49. The van der Waals surface area contributed by atoms with Gasteiger partial charge in [0.1, 0.15) is 0 Å². The average molecular weight is 269 g/mol. The van der Waals surface area contributed by atoms with Crippen LogP contribution in [0.15, 0.2) is 22.7 Å². The van der Waals surface area contributed by atoms with Crippen molar-refractivity contribution in [1.29, 1.82) is 0 Å². The van der Waals surface area contributed by atoms with Crippen LogP contribution in [0.5, 0.6) is 0 Å². The van der Waals surface area contributed by atoms with Crippen LogP contribution in [0.25, 0.3) is 0 Å². The summed E-state index contributed by atoms with van der Waals surface area (Å²) in [6.07, 6.45) is 0. The van der Waals surface area contributed by atoms with Crippen molar-refractivity contribution in [2.75, 3.05) is 13.1 Å². The molecule has 1 fully saturated rings. The highest BCUT2D eigenvalue weighted by Gasteiger charge is 2.23. The van der Waals surface area contributed by atoms with Gasteiger partial charge in [-0.2, -0.15) is 0 Å². The Labute approximate surface area is 99.6 Å². The summed E-state index contributed by atoms with van der Waals surface area (Å²) >= 11 is 3.53. The fourth-order valence-corrected chi connectivity index (χ4v) is 2.53. The summed E-state index contributed by atoms with van der Waals surface area (Å²) in [6, 6.07) is 7.40. The van der Waals surface area contributed by atoms with Crippen molar-refractivity contribution in [3.8, 4) is 0 Å². The Bertz CT molecular complexity index is 351. The molecule has 0 amide bonds. The van der Waals surface area contributed by atoms with Crippen LogP contribution in [0, 0.1) is 6.92 Å². The molecule has 1 aliphatic heterocycles. The first-order chi connectivity index (χ1) is 7.18. The molecule has 0 spiro atoms. The number of piperazine rings is 1. The minimum Gasteiger partial charge on any atom is -0.311 e. The molecule has 0 aromatic heterocycles. The van der Waals surface area contributed by atoms with Gasteiger partial charge in [-0.05, 0) is 37.1 Å². The first-order valence-corrected chi connectivity index (χ1v) is 6.20. The van der Waals surface area contributed by atoms with Gasteiger partial charge in [-0.3, -0.25) is 0 Å². The quantitative estimate of drug-likeness (QED) is 0.818. The Balaban J connectivity index is 2.30. The lowest BCUT2D eigenvalue weighted by molar-refractivity contribution is 0.344. The molecule has 2 unspecified atom stereocenters. The van der Waals surface area contributed by atoms with Gasteiger partial charge in [0, 0.05) is 29.6 Å². The summed E-state index contributed by atoms with van der Waals surface area (Å²) in [5.74, 6) is 0. The summed E-state index contributed by atoms with van der Waals surface area (Å²) < 4.78 is 1.16. The van der Waals surface area contributed by atoms with Crippen LogP contribution >= 0.6 is 15.9 Å². The summed E-state index contributed by atoms with van der Waals surface area (Å²) in [5.41, 5.74) is 2.75. The smallest absolute Gasteiger partial charge is 0.0476 e. The van der Waals surface area contributed by atoms with E-state index in [0.29, 0.717) is 12.1 Å². The lowest BCUT2D eigenvalue weighted by atomic mass is 9.95. The minimum atomic E-state index is 0.427. The number of rotatable bonds is 1. The van der Waals surface area contributed by atoms with E-state index in [1.807, 2.05) is 0 Å². The van der Waals surface area contributed by atoms with Gasteiger partial charge in [0.15, 0.2) is 0 Å². The highest BCUT2D eigenvalue weighted by molar-refractivity contribution is 9.10. The van der Waals surface area contributed by atoms with E-state index in [4.69, 9.17) is 0 Å². The molecule has 1 aliphatic rings. The zero-order chi connectivity index (χ0) is 10.8. The Morgan fingerprint density at radius 3 is 2.73 bits per heavy atom. The third-order valence-corrected chi connectivity index (χ3v) is 3.53. The molecule has 0 radical (unpaired) electrons. The van der Waals surface area contributed by atoms with Crippen LogP contribution in [-0.2, 0) is 0 Å². The third-order valence-electron chi connectivity index (χ3n) is 3.03. The van der Waals surface area contributed by atoms with Crippen LogP contribution in [0.2, 0.25) is 0 Å². The Morgan fingerprint density at radius 2 is 2.00 bits per heavy atom. The van der Waals surface area contributed by atoms with E-state index >= 15 is 0 Å². The molecule has 1 heterocycles. The molecule has 1 saturated heterocycles. The van der Waals surface area contributed by atoms with E-state index in [2.05, 4.69) is 58.6 Å². The Hall–Kier alpha value is -0.380. The topological polar surface area (TPSA) is 24.1 Å². The van der Waals surface area contributed by atoms with Crippen molar-refractivity contribution >= 4 is 15.9 Å². The van der Waals surface area contributed by atoms with Gasteiger partial charge >= 0.3 is 0 Å². The Morgan fingerprint density at radius 1 is 1.27 bits per heavy atom. The molecule has 1 aromatic rings. The normalized spacial score (nSPS) is 26.6. The van der Waals surface area contributed by atoms with E-state index in [0.717, 1.165) is 17.6 Å². The number of hydrogen-bond donors (Lipinski definition) is 2. The number of nitrogens with one attached hydrogen (secondary N) is 2. The number of hydrogen-bond acceptors (Lipinski definition) is 2. The maximum Gasteiger partial charge on any atom is 0.0476 e. The molecule has 2 nitrogen and oxygen atoms in total. The van der Waals surface area contributed by atoms with E-state index in [1.54, 1.807) is 0 Å². The van der Waals surface area contributed by atoms with Gasteiger partial charge in [-0.1, -0.05) is 22.0 Å². The maximum absolute atomic E-state index is 3.57. The van der Waals surface area contributed by atoms with Gasteiger partial charge in [0.05, 0.1) is 0 Å². The molecular weight excluding hydrogens is 252 g/mol. The standard InChI is InChI=1S/C12H17BrN2/c1-8-3-4-10(13)7-11(8)12-9(2)14-5-6-15-12/h3-4,7,9,12,14-15H,5-6H2,1-2H3. The summed E-state index contributed by atoms with van der Waals surface area (Å²) in [5, 5.41) is 7.07. The van der Waals surface area contributed by atoms with Crippen LogP contribution in [0.4, 0.5) is 0 Å². The molecule has 2 N–H and O–H groups in total. The fraction of sp³-hybridized carbons (Fsp3) is 0.500. The van der Waals surface area contributed by atoms with Crippen molar-refractivity contribution in [2.24, 2.45) is 0 Å². The third kappa shape index (κ3) is 2.41. The second-order valence-corrected chi connectivity index (χ2v) is 5.09. The molecule has 3 heteroatoms. The molecular formula is C12H17BrN2. The molecule has 0 saturated carbocycles. The highest BCUT2D eigenvalue weighted by Crippen LogP contribution is 2.25. The van der Waals surface area contributed by atoms with Crippen molar-refractivity contribution < 1.29 is 0 Å². The van der Waals surface area contributed by atoms with Crippen LogP contribution in [0.1, 0.15) is 24.1 Å². The van der Waals surface area contributed by atoms with E-state index in [9.17, 15) is 0 Å². The zero-order valence-electron chi connectivity index (χ0n) is 9.18. The molecule has 82 valence electrons. The van der Waals surface area contributed by atoms with Gasteiger partial charge in [-0.15, -0.1) is 0 Å². The molecule has 2 atom stereocenters. The zero-order valence-corrected chi connectivity index (χ0v) is 10.8. The van der Waals surface area contributed by atoms with Crippen LogP contribution in [-0.4, -0.2) is 19.1 Å². The molecule has 2 rings (SSSR count). The van der Waals surface area contributed by atoms with Crippen molar-refractivity contribution in [3.05, 3.63) is 33.8 Å².